The lowest BCUT2D eigenvalue weighted by molar-refractivity contribution is -0.143. The van der Waals surface area contributed by atoms with Gasteiger partial charge in [0.15, 0.2) is 5.96 Å². The van der Waals surface area contributed by atoms with E-state index >= 15 is 0 Å². The van der Waals surface area contributed by atoms with Gasteiger partial charge in [0.05, 0.1) is 12.1 Å². The summed E-state index contributed by atoms with van der Waals surface area (Å²) < 4.78 is 0. The molecule has 35 heavy (non-hydrogen) atoms. The number of guanidine groups is 1. The SMILES string of the molecule is CC(C)C(N)C(=O)NC(CCC(N)=O)C(=O)NC(C(=O)NC(CCCN=C(N)N)C(=O)O)C(C)O. The van der Waals surface area contributed by atoms with Crippen molar-refractivity contribution in [3.8, 4) is 0 Å². The number of carboxylic acids is 1. The van der Waals surface area contributed by atoms with E-state index in [2.05, 4.69) is 20.9 Å². The van der Waals surface area contributed by atoms with E-state index in [-0.39, 0.29) is 44.1 Å². The van der Waals surface area contributed by atoms with Crippen molar-refractivity contribution in [2.45, 2.75) is 76.7 Å². The molecule has 0 spiro atoms. The smallest absolute Gasteiger partial charge is 0.326 e. The van der Waals surface area contributed by atoms with Crippen LogP contribution in [-0.2, 0) is 24.0 Å². The third-order valence-electron chi connectivity index (χ3n) is 4.96. The highest BCUT2D eigenvalue weighted by molar-refractivity contribution is 5.94. The van der Waals surface area contributed by atoms with E-state index in [1.165, 1.54) is 6.92 Å². The molecule has 0 heterocycles. The Morgan fingerprint density at radius 1 is 0.857 bits per heavy atom. The zero-order valence-corrected chi connectivity index (χ0v) is 20.2. The average Bonchev–Trinajstić information content (AvgIpc) is 2.74. The zero-order chi connectivity index (χ0) is 27.3. The summed E-state index contributed by atoms with van der Waals surface area (Å²) in [6.07, 6.45) is -1.66. The van der Waals surface area contributed by atoms with E-state index in [0.29, 0.717) is 0 Å². The molecule has 200 valence electrons. The molecule has 0 aromatic rings. The number of carbonyl (C=O) groups is 5. The van der Waals surface area contributed by atoms with Gasteiger partial charge in [-0.05, 0) is 32.1 Å². The second-order valence-corrected chi connectivity index (χ2v) is 8.41. The van der Waals surface area contributed by atoms with Gasteiger partial charge in [0, 0.05) is 13.0 Å². The Kier molecular flexibility index (Phi) is 13.9. The molecule has 0 saturated carbocycles. The van der Waals surface area contributed by atoms with Crippen LogP contribution >= 0.6 is 0 Å². The number of hydrogen-bond donors (Lipinski definition) is 9. The number of hydrogen-bond acceptors (Lipinski definition) is 8. The number of nitrogens with one attached hydrogen (secondary N) is 3. The van der Waals surface area contributed by atoms with Crippen LogP contribution in [0.15, 0.2) is 4.99 Å². The molecule has 0 bridgehead atoms. The summed E-state index contributed by atoms with van der Waals surface area (Å²) >= 11 is 0. The normalized spacial score (nSPS) is 15.1. The summed E-state index contributed by atoms with van der Waals surface area (Å²) in [5, 5.41) is 26.4. The Labute approximate surface area is 203 Å². The molecule has 0 fully saturated rings. The van der Waals surface area contributed by atoms with Crippen LogP contribution in [0.4, 0.5) is 0 Å². The topological polar surface area (TPSA) is 278 Å². The molecule has 15 heteroatoms. The third-order valence-corrected chi connectivity index (χ3v) is 4.96. The highest BCUT2D eigenvalue weighted by atomic mass is 16.4. The number of aliphatic imine (C=N–C) groups is 1. The quantitative estimate of drug-likeness (QED) is 0.0563. The summed E-state index contributed by atoms with van der Waals surface area (Å²) in [5.41, 5.74) is 21.3. The molecule has 0 radical (unpaired) electrons. The number of nitrogens with two attached hydrogens (primary N) is 4. The Hall–Kier alpha value is -3.46. The third kappa shape index (κ3) is 12.5. The van der Waals surface area contributed by atoms with Crippen LogP contribution in [0.5, 0.6) is 0 Å². The zero-order valence-electron chi connectivity index (χ0n) is 20.2. The van der Waals surface area contributed by atoms with Gasteiger partial charge in [-0.2, -0.15) is 0 Å². The molecule has 0 aromatic heterocycles. The highest BCUT2D eigenvalue weighted by Crippen LogP contribution is 2.05. The van der Waals surface area contributed by atoms with Gasteiger partial charge < -0.3 is 49.1 Å². The first kappa shape index (κ1) is 31.5. The van der Waals surface area contributed by atoms with E-state index in [0.717, 1.165) is 0 Å². The van der Waals surface area contributed by atoms with E-state index in [4.69, 9.17) is 22.9 Å². The minimum atomic E-state index is -1.56. The van der Waals surface area contributed by atoms with Crippen molar-refractivity contribution < 1.29 is 34.2 Å². The number of carbonyl (C=O) groups excluding carboxylic acids is 4. The van der Waals surface area contributed by atoms with E-state index in [9.17, 15) is 34.2 Å². The maximum Gasteiger partial charge on any atom is 0.326 e. The molecule has 13 N–H and O–H groups in total. The van der Waals surface area contributed by atoms with Gasteiger partial charge >= 0.3 is 5.97 Å². The second-order valence-electron chi connectivity index (χ2n) is 8.41. The molecule has 4 amide bonds. The molecule has 0 aromatic carbocycles. The van der Waals surface area contributed by atoms with Crippen LogP contribution in [0.2, 0.25) is 0 Å². The van der Waals surface area contributed by atoms with Gasteiger partial charge in [0.1, 0.15) is 18.1 Å². The molecular formula is C20H38N8O7. The summed E-state index contributed by atoms with van der Waals surface area (Å²) in [7, 11) is 0. The van der Waals surface area contributed by atoms with Crippen molar-refractivity contribution in [1.29, 1.82) is 0 Å². The first-order chi connectivity index (χ1) is 16.2. The Morgan fingerprint density at radius 3 is 1.89 bits per heavy atom. The molecule has 5 atom stereocenters. The van der Waals surface area contributed by atoms with Gasteiger partial charge in [0.2, 0.25) is 23.6 Å². The monoisotopic (exact) mass is 502 g/mol. The van der Waals surface area contributed by atoms with Gasteiger partial charge in [0.25, 0.3) is 0 Å². The molecule has 5 unspecified atom stereocenters. The summed E-state index contributed by atoms with van der Waals surface area (Å²) in [6.45, 7) is 4.75. The lowest BCUT2D eigenvalue weighted by Crippen LogP contribution is -2.60. The molecule has 0 aliphatic heterocycles. The minimum absolute atomic E-state index is 0.0251. The van der Waals surface area contributed by atoms with E-state index in [1.54, 1.807) is 13.8 Å². The largest absolute Gasteiger partial charge is 0.480 e. The maximum absolute atomic E-state index is 12.8. The van der Waals surface area contributed by atoms with Gasteiger partial charge in [-0.15, -0.1) is 0 Å². The number of primary amides is 1. The van der Waals surface area contributed by atoms with Crippen molar-refractivity contribution in [2.75, 3.05) is 6.54 Å². The number of nitrogens with zero attached hydrogens (tertiary/aromatic N) is 1. The Balaban J connectivity index is 5.43. The minimum Gasteiger partial charge on any atom is -0.480 e. The van der Waals surface area contributed by atoms with Crippen LogP contribution in [0.1, 0.15) is 46.5 Å². The number of aliphatic hydroxyl groups excluding tert-OH is 1. The van der Waals surface area contributed by atoms with Crippen LogP contribution in [0, 0.1) is 5.92 Å². The summed E-state index contributed by atoms with van der Waals surface area (Å²) in [5.74, 6) is -4.99. The van der Waals surface area contributed by atoms with Crippen molar-refractivity contribution >= 4 is 35.6 Å². The number of aliphatic hydroxyl groups is 1. The number of carboxylic acid groups (broad SMARTS) is 1. The first-order valence-corrected chi connectivity index (χ1v) is 11.1. The fourth-order valence-electron chi connectivity index (χ4n) is 2.81. The fraction of sp³-hybridized carbons (Fsp3) is 0.700. The van der Waals surface area contributed by atoms with E-state index < -0.39 is 59.9 Å². The van der Waals surface area contributed by atoms with E-state index in [1.807, 2.05) is 0 Å². The standard InChI is InChI=1S/C20H38N8O7/c1-9(2)14(22)17(32)26-11(6-7-13(21)30)16(31)28-15(10(3)29)18(33)27-12(19(34)35)5-4-8-25-20(23)24/h9-12,14-15,29H,4-8,22H2,1-3H3,(H2,21,30)(H,26,32)(H,27,33)(H,28,31)(H,34,35)(H4,23,24,25). The van der Waals surface area contributed by atoms with Crippen LogP contribution in [-0.4, -0.2) is 82.6 Å². The molecule has 0 rings (SSSR count). The lowest BCUT2D eigenvalue weighted by atomic mass is 10.0. The Morgan fingerprint density at radius 2 is 1.43 bits per heavy atom. The van der Waals surface area contributed by atoms with Crippen LogP contribution < -0.4 is 38.9 Å². The summed E-state index contributed by atoms with van der Waals surface area (Å²) in [6, 6.07) is -5.13. The van der Waals surface area contributed by atoms with Crippen LogP contribution in [0.25, 0.3) is 0 Å². The van der Waals surface area contributed by atoms with Gasteiger partial charge in [-0.1, -0.05) is 13.8 Å². The van der Waals surface area contributed by atoms with Crippen molar-refractivity contribution in [1.82, 2.24) is 16.0 Å². The van der Waals surface area contributed by atoms with Crippen LogP contribution in [0.3, 0.4) is 0 Å². The number of amides is 4. The molecule has 15 nitrogen and oxygen atoms in total. The lowest BCUT2D eigenvalue weighted by Gasteiger charge is -2.26. The van der Waals surface area contributed by atoms with Crippen molar-refractivity contribution in [3.63, 3.8) is 0 Å². The fourth-order valence-corrected chi connectivity index (χ4v) is 2.81. The summed E-state index contributed by atoms with van der Waals surface area (Å²) in [4.78, 5) is 64.3. The molecule has 0 aliphatic rings. The molecule has 0 saturated heterocycles. The highest BCUT2D eigenvalue weighted by Gasteiger charge is 2.33. The predicted molar refractivity (Wildman–Crippen MR) is 126 cm³/mol. The average molecular weight is 503 g/mol. The number of aliphatic carboxylic acids is 1. The number of rotatable bonds is 16. The first-order valence-electron chi connectivity index (χ1n) is 11.1. The van der Waals surface area contributed by atoms with Gasteiger partial charge in [-0.25, -0.2) is 4.79 Å². The molecular weight excluding hydrogens is 464 g/mol. The maximum atomic E-state index is 12.8. The van der Waals surface area contributed by atoms with Crippen molar-refractivity contribution in [2.24, 2.45) is 33.8 Å². The molecule has 0 aliphatic carbocycles. The predicted octanol–water partition coefficient (Wildman–Crippen LogP) is -3.79. The Bertz CT molecular complexity index is 783. The van der Waals surface area contributed by atoms with Crippen molar-refractivity contribution in [3.05, 3.63) is 0 Å². The van der Waals surface area contributed by atoms with Gasteiger partial charge in [-0.3, -0.25) is 24.2 Å². The second kappa shape index (κ2) is 15.4.